The molecule has 0 saturated heterocycles. The molecule has 0 aliphatic heterocycles. The SMILES string of the molecule is NC(=S)CCN(C1CC1)S(=O)(=O)c1cc(F)ccc1Cl. The molecular weight excluding hydrogens is 323 g/mol. The highest BCUT2D eigenvalue weighted by Gasteiger charge is 2.38. The molecule has 4 nitrogen and oxygen atoms in total. The third kappa shape index (κ3) is 3.46. The van der Waals surface area contributed by atoms with Gasteiger partial charge in [0, 0.05) is 19.0 Å². The summed E-state index contributed by atoms with van der Waals surface area (Å²) in [7, 11) is -3.84. The molecule has 0 spiro atoms. The normalized spacial score (nSPS) is 15.6. The molecule has 0 heterocycles. The second kappa shape index (κ2) is 5.93. The lowest BCUT2D eigenvalue weighted by molar-refractivity contribution is 0.412. The maximum Gasteiger partial charge on any atom is 0.244 e. The van der Waals surface area contributed by atoms with Crippen molar-refractivity contribution in [3.8, 4) is 0 Å². The molecule has 1 saturated carbocycles. The van der Waals surface area contributed by atoms with Crippen molar-refractivity contribution in [3.63, 3.8) is 0 Å². The molecular formula is C12H14ClFN2O2S2. The number of thiocarbonyl (C=S) groups is 1. The number of hydrogen-bond donors (Lipinski definition) is 1. The van der Waals surface area contributed by atoms with Gasteiger partial charge in [-0.1, -0.05) is 23.8 Å². The van der Waals surface area contributed by atoms with Crippen molar-refractivity contribution in [3.05, 3.63) is 29.0 Å². The Morgan fingerprint density at radius 1 is 1.50 bits per heavy atom. The van der Waals surface area contributed by atoms with Gasteiger partial charge in [-0.15, -0.1) is 0 Å². The molecule has 0 atom stereocenters. The summed E-state index contributed by atoms with van der Waals surface area (Å²) in [6.45, 7) is 0.190. The number of hydrogen-bond acceptors (Lipinski definition) is 3. The number of nitrogens with two attached hydrogens (primary N) is 1. The summed E-state index contributed by atoms with van der Waals surface area (Å²) in [4.78, 5) is 0.0326. The van der Waals surface area contributed by atoms with Gasteiger partial charge in [-0.3, -0.25) is 0 Å². The maximum absolute atomic E-state index is 13.3. The van der Waals surface area contributed by atoms with Crippen molar-refractivity contribution in [2.24, 2.45) is 5.73 Å². The van der Waals surface area contributed by atoms with Crippen LogP contribution >= 0.6 is 23.8 Å². The van der Waals surface area contributed by atoms with E-state index in [2.05, 4.69) is 0 Å². The monoisotopic (exact) mass is 336 g/mol. The molecule has 1 fully saturated rings. The summed E-state index contributed by atoms with van der Waals surface area (Å²) in [5, 5.41) is 0.00683. The Labute approximate surface area is 127 Å². The van der Waals surface area contributed by atoms with Crippen LogP contribution in [-0.4, -0.2) is 30.3 Å². The van der Waals surface area contributed by atoms with Crippen LogP contribution in [0, 0.1) is 5.82 Å². The van der Waals surface area contributed by atoms with Crippen molar-refractivity contribution in [2.75, 3.05) is 6.54 Å². The topological polar surface area (TPSA) is 63.4 Å². The van der Waals surface area contributed by atoms with Gasteiger partial charge in [0.05, 0.1) is 10.0 Å². The van der Waals surface area contributed by atoms with Crippen molar-refractivity contribution in [2.45, 2.75) is 30.2 Å². The minimum Gasteiger partial charge on any atom is -0.393 e. The Balaban J connectivity index is 2.35. The van der Waals surface area contributed by atoms with Gasteiger partial charge in [-0.05, 0) is 31.0 Å². The van der Waals surface area contributed by atoms with Crippen LogP contribution < -0.4 is 5.73 Å². The van der Waals surface area contributed by atoms with Crippen LogP contribution in [0.15, 0.2) is 23.1 Å². The van der Waals surface area contributed by atoms with Crippen LogP contribution in [0.25, 0.3) is 0 Å². The molecule has 1 aliphatic rings. The molecule has 110 valence electrons. The average Bonchev–Trinajstić information content (AvgIpc) is 3.16. The van der Waals surface area contributed by atoms with Gasteiger partial charge in [-0.25, -0.2) is 12.8 Å². The van der Waals surface area contributed by atoms with E-state index < -0.39 is 15.8 Å². The van der Waals surface area contributed by atoms with Crippen molar-refractivity contribution >= 4 is 38.8 Å². The summed E-state index contributed by atoms with van der Waals surface area (Å²) in [5.41, 5.74) is 5.42. The zero-order valence-electron chi connectivity index (χ0n) is 10.6. The fraction of sp³-hybridized carbons (Fsp3) is 0.417. The largest absolute Gasteiger partial charge is 0.393 e. The van der Waals surface area contributed by atoms with Gasteiger partial charge in [0.15, 0.2) is 0 Å². The molecule has 8 heteroatoms. The lowest BCUT2D eigenvalue weighted by Gasteiger charge is -2.22. The Kier molecular flexibility index (Phi) is 4.63. The molecule has 0 amide bonds. The first-order valence-electron chi connectivity index (χ1n) is 6.07. The van der Waals surface area contributed by atoms with Crippen LogP contribution in [-0.2, 0) is 10.0 Å². The molecule has 20 heavy (non-hydrogen) atoms. The zero-order valence-corrected chi connectivity index (χ0v) is 12.9. The average molecular weight is 337 g/mol. The van der Waals surface area contributed by atoms with Crippen LogP contribution in [0.2, 0.25) is 5.02 Å². The quantitative estimate of drug-likeness (QED) is 0.810. The van der Waals surface area contributed by atoms with Gasteiger partial charge in [0.2, 0.25) is 10.0 Å². The second-order valence-corrected chi connectivity index (χ2v) is 7.43. The molecule has 1 aromatic rings. The first-order chi connectivity index (χ1) is 9.32. The third-order valence-electron chi connectivity index (χ3n) is 3.01. The molecule has 1 aromatic carbocycles. The lowest BCUT2D eigenvalue weighted by Crippen LogP contribution is -2.35. The summed E-state index contributed by atoms with van der Waals surface area (Å²) in [6, 6.07) is 3.22. The smallest absolute Gasteiger partial charge is 0.244 e. The number of sulfonamides is 1. The Bertz CT molecular complexity index is 632. The highest BCUT2D eigenvalue weighted by molar-refractivity contribution is 7.89. The number of rotatable bonds is 6. The summed E-state index contributed by atoms with van der Waals surface area (Å²) < 4.78 is 39.8. The van der Waals surface area contributed by atoms with E-state index in [-0.39, 0.29) is 33.9 Å². The lowest BCUT2D eigenvalue weighted by atomic mass is 10.3. The molecule has 1 aliphatic carbocycles. The van der Waals surface area contributed by atoms with E-state index in [0.717, 1.165) is 25.0 Å². The predicted octanol–water partition coefficient (Wildman–Crippen LogP) is 2.31. The Morgan fingerprint density at radius 2 is 2.15 bits per heavy atom. The van der Waals surface area contributed by atoms with E-state index in [4.69, 9.17) is 29.6 Å². The summed E-state index contributed by atoms with van der Waals surface area (Å²) in [5.74, 6) is -0.641. The molecule has 0 bridgehead atoms. The van der Waals surface area contributed by atoms with Crippen LogP contribution in [0.4, 0.5) is 4.39 Å². The standard InChI is InChI=1S/C12H14ClFN2O2S2/c13-10-4-1-8(14)7-11(10)20(17,18)16(9-2-3-9)6-5-12(15)19/h1,4,7,9H,2-3,5-6H2,(H2,15,19). The van der Waals surface area contributed by atoms with Crippen molar-refractivity contribution in [1.82, 2.24) is 4.31 Å². The molecule has 2 rings (SSSR count). The fourth-order valence-electron chi connectivity index (χ4n) is 1.88. The van der Waals surface area contributed by atoms with Crippen molar-refractivity contribution < 1.29 is 12.8 Å². The maximum atomic E-state index is 13.3. The van der Waals surface area contributed by atoms with E-state index in [9.17, 15) is 12.8 Å². The summed E-state index contributed by atoms with van der Waals surface area (Å²) >= 11 is 10.7. The van der Waals surface area contributed by atoms with Crippen LogP contribution in [0.5, 0.6) is 0 Å². The highest BCUT2D eigenvalue weighted by atomic mass is 35.5. The third-order valence-corrected chi connectivity index (χ3v) is 5.65. The first-order valence-corrected chi connectivity index (χ1v) is 8.30. The molecule has 0 unspecified atom stereocenters. The highest BCUT2D eigenvalue weighted by Crippen LogP contribution is 2.34. The van der Waals surface area contributed by atoms with Crippen LogP contribution in [0.3, 0.4) is 0 Å². The van der Waals surface area contributed by atoms with E-state index in [0.29, 0.717) is 0 Å². The zero-order chi connectivity index (χ0) is 14.9. The number of halogens is 2. The number of benzene rings is 1. The minimum absolute atomic E-state index is 0.00683. The van der Waals surface area contributed by atoms with Crippen molar-refractivity contribution in [1.29, 1.82) is 0 Å². The Morgan fingerprint density at radius 3 is 2.70 bits per heavy atom. The first kappa shape index (κ1) is 15.6. The predicted molar refractivity (Wildman–Crippen MR) is 79.7 cm³/mol. The van der Waals surface area contributed by atoms with Gasteiger partial charge < -0.3 is 5.73 Å². The Hall–Kier alpha value is -0.760. The van der Waals surface area contributed by atoms with E-state index in [1.54, 1.807) is 0 Å². The molecule has 0 aromatic heterocycles. The second-order valence-electron chi connectivity index (χ2n) is 4.64. The van der Waals surface area contributed by atoms with Gasteiger partial charge >= 0.3 is 0 Å². The van der Waals surface area contributed by atoms with E-state index in [1.807, 2.05) is 0 Å². The molecule has 0 radical (unpaired) electrons. The summed E-state index contributed by atoms with van der Waals surface area (Å²) in [6.07, 6.45) is 1.85. The molecule has 2 N–H and O–H groups in total. The van der Waals surface area contributed by atoms with Gasteiger partial charge in [0.25, 0.3) is 0 Å². The van der Waals surface area contributed by atoms with Gasteiger partial charge in [-0.2, -0.15) is 4.31 Å². The van der Waals surface area contributed by atoms with E-state index in [1.165, 1.54) is 10.4 Å². The number of nitrogens with zero attached hydrogens (tertiary/aromatic N) is 1. The fourth-order valence-corrected chi connectivity index (χ4v) is 4.15. The van der Waals surface area contributed by atoms with Crippen LogP contribution in [0.1, 0.15) is 19.3 Å². The minimum atomic E-state index is -3.84. The van der Waals surface area contributed by atoms with Gasteiger partial charge in [0.1, 0.15) is 10.7 Å². The van der Waals surface area contributed by atoms with E-state index >= 15 is 0 Å².